The van der Waals surface area contributed by atoms with E-state index in [1.165, 1.54) is 78.7 Å². The minimum atomic E-state index is -4.03. The molecule has 2 atom stereocenters. The van der Waals surface area contributed by atoms with Crippen molar-refractivity contribution in [2.45, 2.75) is 96.1 Å². The number of rotatable bonds is 19. The second-order valence-electron chi connectivity index (χ2n) is 20.7. The van der Waals surface area contributed by atoms with Crippen molar-refractivity contribution in [1.82, 2.24) is 4.98 Å². The van der Waals surface area contributed by atoms with Crippen LogP contribution in [-0.4, -0.2) is 54.6 Å². The smallest absolute Gasteiger partial charge is 0.415 e. The molecule has 3 N–H and O–H groups in total. The summed E-state index contributed by atoms with van der Waals surface area (Å²) in [4.78, 5) is 49.7. The molecule has 8 rings (SSSR count). The van der Waals surface area contributed by atoms with Gasteiger partial charge in [-0.1, -0.05) is 102 Å². The molecule has 0 aliphatic heterocycles. The van der Waals surface area contributed by atoms with E-state index in [9.17, 15) is 32.3 Å². The number of nitriles is 1. The van der Waals surface area contributed by atoms with Crippen LogP contribution in [0.5, 0.6) is 11.5 Å². The first kappa shape index (κ1) is 56.2. The summed E-state index contributed by atoms with van der Waals surface area (Å²) in [6.07, 6.45) is 2.53. The molecule has 6 aromatic carbocycles. The highest BCUT2D eigenvalue weighted by Gasteiger charge is 2.37. The number of anilines is 4. The number of amides is 2. The number of para-hydroxylation sites is 2. The van der Waals surface area contributed by atoms with Crippen molar-refractivity contribution >= 4 is 96.2 Å². The Bertz CT molecular complexity index is 3590. The fraction of sp³-hybridized carbons (Fsp3) is 0.271. The molecule has 1 aromatic heterocycles. The molecule has 0 spiro atoms. The number of carbonyl (C=O) groups is 3. The van der Waals surface area contributed by atoms with E-state index < -0.39 is 45.2 Å². The summed E-state index contributed by atoms with van der Waals surface area (Å²) in [5.74, 6) is -1.34. The minimum absolute atomic E-state index is 0.00775. The monoisotopic (exact) mass is 1110 g/mol. The predicted molar refractivity (Wildman–Crippen MR) is 304 cm³/mol. The molecule has 2 amide bonds. The van der Waals surface area contributed by atoms with Gasteiger partial charge in [0.2, 0.25) is 17.8 Å². The number of nitrogens with one attached hydrogen (secondary N) is 3. The minimum Gasteiger partial charge on any atom is -0.497 e. The Morgan fingerprint density at radius 1 is 0.897 bits per heavy atom. The highest BCUT2D eigenvalue weighted by Crippen LogP contribution is 2.39. The first-order valence-corrected chi connectivity index (χ1v) is 28.0. The average Bonchev–Trinajstić information content (AvgIpc) is 4.11. The maximum Gasteiger partial charge on any atom is 0.415 e. The van der Waals surface area contributed by atoms with E-state index in [1.54, 1.807) is 54.6 Å². The zero-order valence-corrected chi connectivity index (χ0v) is 46.5. The Balaban J connectivity index is 1.03. The van der Waals surface area contributed by atoms with Gasteiger partial charge in [0.1, 0.15) is 22.9 Å². The summed E-state index contributed by atoms with van der Waals surface area (Å²) in [6.45, 7) is 12.9. The molecule has 19 heteroatoms. The van der Waals surface area contributed by atoms with Crippen LogP contribution >= 0.6 is 11.6 Å². The number of aryl methyl sites for hydroxylation is 1. The summed E-state index contributed by atoms with van der Waals surface area (Å²) < 4.78 is 67.7. The number of halogens is 1. The number of sulfonamides is 1. The number of ether oxygens (including phenoxy) is 2. The lowest BCUT2D eigenvalue weighted by Gasteiger charge is -2.32. The summed E-state index contributed by atoms with van der Waals surface area (Å²) in [5, 5.41) is 13.0. The molecule has 1 fully saturated rings. The molecule has 1 saturated carbocycles. The van der Waals surface area contributed by atoms with Crippen molar-refractivity contribution in [3.63, 3.8) is 0 Å². The quantitative estimate of drug-likeness (QED) is 0.0391. The highest BCUT2D eigenvalue weighted by molar-refractivity contribution is 7.92. The van der Waals surface area contributed by atoms with Crippen molar-refractivity contribution in [3.8, 4) is 17.6 Å². The first-order chi connectivity index (χ1) is 37.1. The van der Waals surface area contributed by atoms with Crippen molar-refractivity contribution in [3.05, 3.63) is 167 Å². The molecular formula is C59H59ClN6O10S2. The Labute approximate surface area is 461 Å². The average molecular weight is 1110 g/mol. The number of methoxy groups -OCH3 is 1. The lowest BCUT2D eigenvalue weighted by atomic mass is 9.72. The Hall–Kier alpha value is -7.98. The van der Waals surface area contributed by atoms with Crippen LogP contribution in [0.25, 0.3) is 22.7 Å². The second kappa shape index (κ2) is 23.7. The topological polar surface area (TPSA) is 219 Å². The van der Waals surface area contributed by atoms with E-state index in [2.05, 4.69) is 55.4 Å². The van der Waals surface area contributed by atoms with Gasteiger partial charge in [0, 0.05) is 17.3 Å². The van der Waals surface area contributed by atoms with Crippen molar-refractivity contribution < 1.29 is 45.1 Å². The molecule has 2 unspecified atom stereocenters. The van der Waals surface area contributed by atoms with Crippen molar-refractivity contribution in [2.75, 3.05) is 26.8 Å². The van der Waals surface area contributed by atoms with Gasteiger partial charge in [-0.15, -0.1) is 0 Å². The molecule has 404 valence electrons. The molecular weight excluding hydrogens is 1050 g/mol. The molecule has 78 heavy (non-hydrogen) atoms. The predicted octanol–water partition coefficient (Wildman–Crippen LogP) is 13.2. The standard InChI is InChI=1S/C59H59ClN6O10S2/c1-37-31-44(26-21-39(37)32-40(35-61)56-63-50-33-41(24-30-51(50)74-56)59(5,6)36-58(2,3)4)66(43-15-11-12-16-43)57(69)75-54(53(67)38-22-27-45(73-7)28-23-38)55(68)62-49-34-42(25-29-47(49)60)64-77(70)76-52-20-14-13-19-48(52)65-78(71,72)46-17-9-8-10-18-46/h8-10,13-14,17-34,43,54,64-65H,11-12,15-16,36H2,1-7H3,(H,62,68). The van der Waals surface area contributed by atoms with Crippen molar-refractivity contribution in [1.29, 1.82) is 5.26 Å². The number of hydrogen-bond donors (Lipinski definition) is 3. The number of hydrogen-bond acceptors (Lipinski definition) is 12. The number of aromatic nitrogens is 1. The number of carbonyl (C=O) groups excluding carboxylic acids is 3. The summed E-state index contributed by atoms with van der Waals surface area (Å²) >= 11 is 4.26. The maximum atomic E-state index is 14.7. The molecule has 0 bridgehead atoms. The van der Waals surface area contributed by atoms with Gasteiger partial charge >= 0.3 is 17.4 Å². The summed E-state index contributed by atoms with van der Waals surface area (Å²) in [5.41, 5.74) is 4.44. The molecule has 16 nitrogen and oxygen atoms in total. The SMILES string of the molecule is COc1ccc(C(=O)C(OC(=O)N(c2ccc(C=C(C#N)c3nc4cc(C(C)(C)CC(C)(C)C)ccc4o3)c(C)c2)C2CCCC2)C(=O)Nc2cc(NS(=O)Oc3ccccc3NS(=O)(=O)c3ccccc3)ccc2Cl)cc1. The number of fused-ring (bicyclic) bond motifs is 1. The molecule has 0 radical (unpaired) electrons. The number of Topliss-reactive ketones (excluding diaryl/α,β-unsaturated/α-hetero) is 1. The van der Waals surface area contributed by atoms with Crippen LogP contribution in [0.15, 0.2) is 143 Å². The van der Waals surface area contributed by atoms with E-state index in [0.717, 1.165) is 24.8 Å². The van der Waals surface area contributed by atoms with Gasteiger partial charge < -0.3 is 23.4 Å². The maximum absolute atomic E-state index is 14.7. The van der Waals surface area contributed by atoms with Crippen LogP contribution in [-0.2, 0) is 36.2 Å². The third-order valence-electron chi connectivity index (χ3n) is 13.1. The van der Waals surface area contributed by atoms with Gasteiger partial charge in [-0.2, -0.15) is 9.47 Å². The molecule has 0 saturated heterocycles. The Kier molecular flexibility index (Phi) is 17.1. The van der Waals surface area contributed by atoms with E-state index in [0.29, 0.717) is 46.5 Å². The number of ketones is 1. The van der Waals surface area contributed by atoms with Crippen molar-refractivity contribution in [2.24, 2.45) is 5.41 Å². The van der Waals surface area contributed by atoms with Crippen LogP contribution in [0.1, 0.15) is 99.7 Å². The third-order valence-corrected chi connectivity index (χ3v) is 15.5. The largest absolute Gasteiger partial charge is 0.497 e. The number of benzene rings is 6. The van der Waals surface area contributed by atoms with Gasteiger partial charge in [0.05, 0.1) is 34.1 Å². The number of nitrogens with zero attached hydrogens (tertiary/aromatic N) is 3. The highest BCUT2D eigenvalue weighted by atomic mass is 35.5. The van der Waals surface area contributed by atoms with E-state index in [4.69, 9.17) is 34.7 Å². The summed E-state index contributed by atoms with van der Waals surface area (Å²) in [7, 11) is -2.56. The molecule has 7 aromatic rings. The molecule has 1 heterocycles. The van der Waals surface area contributed by atoms with E-state index in [-0.39, 0.29) is 66.6 Å². The number of oxazole rings is 1. The van der Waals surface area contributed by atoms with Gasteiger partial charge in [0.15, 0.2) is 11.3 Å². The zero-order valence-electron chi connectivity index (χ0n) is 44.1. The summed E-state index contributed by atoms with van der Waals surface area (Å²) in [6, 6.07) is 37.0. The van der Waals surface area contributed by atoms with Crippen LogP contribution in [0.2, 0.25) is 5.02 Å². The Morgan fingerprint density at radius 2 is 1.60 bits per heavy atom. The zero-order chi connectivity index (χ0) is 55.9. The molecule has 1 aliphatic rings. The first-order valence-electron chi connectivity index (χ1n) is 25.1. The second-order valence-corrected chi connectivity index (χ2v) is 23.6. The number of allylic oxidation sites excluding steroid dienone is 1. The van der Waals surface area contributed by atoms with Gasteiger partial charge in [0.25, 0.3) is 15.9 Å². The fourth-order valence-electron chi connectivity index (χ4n) is 9.59. The van der Waals surface area contributed by atoms with Gasteiger partial charge in [-0.3, -0.25) is 23.9 Å². The fourth-order valence-corrected chi connectivity index (χ4v) is 11.5. The Morgan fingerprint density at radius 3 is 2.28 bits per heavy atom. The van der Waals surface area contributed by atoms with Crippen LogP contribution in [0.4, 0.5) is 27.5 Å². The van der Waals surface area contributed by atoms with Crippen LogP contribution in [0, 0.1) is 23.7 Å². The van der Waals surface area contributed by atoms with Gasteiger partial charge in [-0.05, 0) is 151 Å². The van der Waals surface area contributed by atoms with E-state index in [1.807, 2.05) is 25.1 Å². The lowest BCUT2D eigenvalue weighted by molar-refractivity contribution is -0.122. The van der Waals surface area contributed by atoms with E-state index >= 15 is 0 Å². The molecule has 1 aliphatic carbocycles. The van der Waals surface area contributed by atoms with Crippen LogP contribution < -0.4 is 28.6 Å². The third kappa shape index (κ3) is 13.6. The normalized spacial score (nSPS) is 14.0. The lowest BCUT2D eigenvalue weighted by Crippen LogP contribution is -2.46. The van der Waals surface area contributed by atoms with Crippen LogP contribution in [0.3, 0.4) is 0 Å². The van der Waals surface area contributed by atoms with Gasteiger partial charge in [-0.25, -0.2) is 18.2 Å².